The van der Waals surface area contributed by atoms with Crippen molar-refractivity contribution < 1.29 is 9.53 Å². The number of hydrogen-bond donors (Lipinski definition) is 1. The van der Waals surface area contributed by atoms with Gasteiger partial charge in [-0.1, -0.05) is 0 Å². The maximum Gasteiger partial charge on any atom is 0.320 e. The topological polar surface area (TPSA) is 41.6 Å². The van der Waals surface area contributed by atoms with E-state index in [2.05, 4.69) is 10.2 Å². The molecule has 0 saturated carbocycles. The molecule has 16 heavy (non-hydrogen) atoms. The standard InChI is InChI=1S/C12H22N2O2/c1-2-16-12(15)9-14-8-4-6-11(14)10-5-3-7-13-10/h10-11,13H,2-9H2,1H3. The van der Waals surface area contributed by atoms with Crippen molar-refractivity contribution >= 4 is 5.97 Å². The first kappa shape index (κ1) is 11.9. The van der Waals surface area contributed by atoms with Crippen LogP contribution in [0.5, 0.6) is 0 Å². The number of carbonyl (C=O) groups is 1. The number of likely N-dealkylation sites (tertiary alicyclic amines) is 1. The molecule has 2 unspecified atom stereocenters. The van der Waals surface area contributed by atoms with Gasteiger partial charge < -0.3 is 10.1 Å². The predicted molar refractivity (Wildman–Crippen MR) is 62.3 cm³/mol. The van der Waals surface area contributed by atoms with Gasteiger partial charge in [0.2, 0.25) is 0 Å². The molecule has 0 aliphatic carbocycles. The molecular formula is C12H22N2O2. The molecule has 1 N–H and O–H groups in total. The summed E-state index contributed by atoms with van der Waals surface area (Å²) < 4.78 is 5.01. The Hall–Kier alpha value is -0.610. The molecule has 2 atom stereocenters. The van der Waals surface area contributed by atoms with Gasteiger partial charge in [-0.05, 0) is 45.7 Å². The van der Waals surface area contributed by atoms with Crippen LogP contribution in [0, 0.1) is 0 Å². The van der Waals surface area contributed by atoms with Gasteiger partial charge in [0.15, 0.2) is 0 Å². The van der Waals surface area contributed by atoms with Crippen molar-refractivity contribution in [3.63, 3.8) is 0 Å². The Kier molecular flexibility index (Phi) is 4.18. The average molecular weight is 226 g/mol. The monoisotopic (exact) mass is 226 g/mol. The molecule has 0 amide bonds. The van der Waals surface area contributed by atoms with Crippen LogP contribution in [0.4, 0.5) is 0 Å². The maximum absolute atomic E-state index is 11.5. The van der Waals surface area contributed by atoms with Gasteiger partial charge in [-0.3, -0.25) is 9.69 Å². The highest BCUT2D eigenvalue weighted by atomic mass is 16.5. The Morgan fingerprint density at radius 2 is 2.31 bits per heavy atom. The van der Waals surface area contributed by atoms with Crippen molar-refractivity contribution in [1.29, 1.82) is 0 Å². The number of esters is 1. The van der Waals surface area contributed by atoms with Gasteiger partial charge in [-0.25, -0.2) is 0 Å². The zero-order valence-corrected chi connectivity index (χ0v) is 10.1. The van der Waals surface area contributed by atoms with Crippen LogP contribution in [0.25, 0.3) is 0 Å². The summed E-state index contributed by atoms with van der Waals surface area (Å²) in [6.07, 6.45) is 4.96. The Labute approximate surface area is 97.3 Å². The Morgan fingerprint density at radius 1 is 1.44 bits per heavy atom. The average Bonchev–Trinajstić information content (AvgIpc) is 2.86. The molecule has 0 aromatic heterocycles. The van der Waals surface area contributed by atoms with E-state index in [0.717, 1.165) is 13.1 Å². The lowest BCUT2D eigenvalue weighted by atomic mass is 10.0. The molecule has 0 spiro atoms. The van der Waals surface area contributed by atoms with Crippen LogP contribution in [0.2, 0.25) is 0 Å². The van der Waals surface area contributed by atoms with E-state index in [0.29, 0.717) is 25.2 Å². The minimum absolute atomic E-state index is 0.0765. The maximum atomic E-state index is 11.5. The summed E-state index contributed by atoms with van der Waals surface area (Å²) in [5.41, 5.74) is 0. The van der Waals surface area contributed by atoms with Gasteiger partial charge >= 0.3 is 5.97 Å². The van der Waals surface area contributed by atoms with Gasteiger partial charge in [0, 0.05) is 12.1 Å². The van der Waals surface area contributed by atoms with Gasteiger partial charge in [-0.2, -0.15) is 0 Å². The molecule has 2 saturated heterocycles. The van der Waals surface area contributed by atoms with Crippen molar-refractivity contribution in [1.82, 2.24) is 10.2 Å². The molecule has 2 heterocycles. The zero-order valence-electron chi connectivity index (χ0n) is 10.1. The molecule has 2 aliphatic heterocycles. The van der Waals surface area contributed by atoms with Crippen LogP contribution in [0.1, 0.15) is 32.6 Å². The summed E-state index contributed by atoms with van der Waals surface area (Å²) in [6.45, 7) is 4.99. The van der Waals surface area contributed by atoms with Gasteiger partial charge in [0.05, 0.1) is 13.2 Å². The fourth-order valence-corrected chi connectivity index (χ4v) is 2.92. The highest BCUT2D eigenvalue weighted by Gasteiger charge is 2.34. The number of hydrogen-bond acceptors (Lipinski definition) is 4. The highest BCUT2D eigenvalue weighted by molar-refractivity contribution is 5.71. The second-order valence-electron chi connectivity index (χ2n) is 4.69. The lowest BCUT2D eigenvalue weighted by Crippen LogP contribution is -2.45. The van der Waals surface area contributed by atoms with E-state index < -0.39 is 0 Å². The van der Waals surface area contributed by atoms with E-state index in [9.17, 15) is 4.79 Å². The molecule has 0 aromatic rings. The van der Waals surface area contributed by atoms with Gasteiger partial charge in [0.1, 0.15) is 0 Å². The highest BCUT2D eigenvalue weighted by Crippen LogP contribution is 2.24. The van der Waals surface area contributed by atoms with Crippen LogP contribution in [-0.2, 0) is 9.53 Å². The lowest BCUT2D eigenvalue weighted by molar-refractivity contribution is -0.144. The normalized spacial score (nSPS) is 30.8. The van der Waals surface area contributed by atoms with Crippen molar-refractivity contribution in [2.45, 2.75) is 44.7 Å². The van der Waals surface area contributed by atoms with Crippen LogP contribution in [0.3, 0.4) is 0 Å². The van der Waals surface area contributed by atoms with Gasteiger partial charge in [-0.15, -0.1) is 0 Å². The summed E-state index contributed by atoms with van der Waals surface area (Å²) >= 11 is 0. The third-order valence-electron chi connectivity index (χ3n) is 3.61. The second-order valence-corrected chi connectivity index (χ2v) is 4.69. The minimum Gasteiger partial charge on any atom is -0.465 e. The molecule has 0 radical (unpaired) electrons. The van der Waals surface area contributed by atoms with Crippen LogP contribution < -0.4 is 5.32 Å². The second kappa shape index (κ2) is 5.64. The first-order chi connectivity index (χ1) is 7.81. The van der Waals surface area contributed by atoms with Crippen LogP contribution >= 0.6 is 0 Å². The molecule has 0 bridgehead atoms. The molecule has 4 heteroatoms. The first-order valence-electron chi connectivity index (χ1n) is 6.44. The third kappa shape index (κ3) is 2.74. The fourth-order valence-electron chi connectivity index (χ4n) is 2.92. The molecule has 0 aromatic carbocycles. The SMILES string of the molecule is CCOC(=O)CN1CCCC1C1CCCN1. The number of carbonyl (C=O) groups excluding carboxylic acids is 1. The van der Waals surface area contributed by atoms with E-state index >= 15 is 0 Å². The number of rotatable bonds is 4. The summed E-state index contributed by atoms with van der Waals surface area (Å²) in [7, 11) is 0. The van der Waals surface area contributed by atoms with Crippen LogP contribution in [-0.4, -0.2) is 49.2 Å². The largest absolute Gasteiger partial charge is 0.465 e. The Morgan fingerprint density at radius 3 is 3.00 bits per heavy atom. The van der Waals surface area contributed by atoms with E-state index in [1.54, 1.807) is 0 Å². The summed E-state index contributed by atoms with van der Waals surface area (Å²) in [5.74, 6) is -0.0765. The number of nitrogens with one attached hydrogen (secondary N) is 1. The molecule has 4 nitrogen and oxygen atoms in total. The van der Waals surface area contributed by atoms with E-state index in [1.807, 2.05) is 6.92 Å². The van der Waals surface area contributed by atoms with Crippen molar-refractivity contribution in [3.05, 3.63) is 0 Å². The number of nitrogens with zero attached hydrogens (tertiary/aromatic N) is 1. The smallest absolute Gasteiger partial charge is 0.320 e. The zero-order chi connectivity index (χ0) is 11.4. The molecule has 2 fully saturated rings. The molecular weight excluding hydrogens is 204 g/mol. The van der Waals surface area contributed by atoms with Gasteiger partial charge in [0.25, 0.3) is 0 Å². The van der Waals surface area contributed by atoms with E-state index in [4.69, 9.17) is 4.74 Å². The summed E-state index contributed by atoms with van der Waals surface area (Å²) in [5, 5.41) is 3.54. The fraction of sp³-hybridized carbons (Fsp3) is 0.917. The Balaban J connectivity index is 1.85. The van der Waals surface area contributed by atoms with Crippen molar-refractivity contribution in [2.75, 3.05) is 26.2 Å². The quantitative estimate of drug-likeness (QED) is 0.719. The summed E-state index contributed by atoms with van der Waals surface area (Å²) in [6, 6.07) is 1.14. The lowest BCUT2D eigenvalue weighted by Gasteiger charge is -2.28. The third-order valence-corrected chi connectivity index (χ3v) is 3.61. The molecule has 2 aliphatic rings. The Bertz CT molecular complexity index is 239. The van der Waals surface area contributed by atoms with Crippen molar-refractivity contribution in [3.8, 4) is 0 Å². The predicted octanol–water partition coefficient (Wildman–Crippen LogP) is 0.766. The minimum atomic E-state index is -0.0765. The first-order valence-corrected chi connectivity index (χ1v) is 6.44. The van der Waals surface area contributed by atoms with E-state index in [-0.39, 0.29) is 5.97 Å². The van der Waals surface area contributed by atoms with Crippen LogP contribution in [0.15, 0.2) is 0 Å². The molecule has 2 rings (SSSR count). The van der Waals surface area contributed by atoms with Crippen molar-refractivity contribution in [2.24, 2.45) is 0 Å². The molecule has 92 valence electrons. The summed E-state index contributed by atoms with van der Waals surface area (Å²) in [4.78, 5) is 13.8. The number of ether oxygens (including phenoxy) is 1. The van der Waals surface area contributed by atoms with E-state index in [1.165, 1.54) is 25.7 Å².